The summed E-state index contributed by atoms with van der Waals surface area (Å²) in [5, 5.41) is 0. The van der Waals surface area contributed by atoms with E-state index in [1.165, 1.54) is 32.1 Å². The topological polar surface area (TPSA) is 41.4 Å². The van der Waals surface area contributed by atoms with Crippen LogP contribution in [0.1, 0.15) is 49.0 Å². The largest absolute Gasteiger partial charge is 0.340 e. The summed E-state index contributed by atoms with van der Waals surface area (Å²) in [6.07, 6.45) is 11.4. The predicted molar refractivity (Wildman–Crippen MR) is 82.2 cm³/mol. The van der Waals surface area contributed by atoms with Gasteiger partial charge < -0.3 is 9.47 Å². The molecule has 2 heterocycles. The summed E-state index contributed by atoms with van der Waals surface area (Å²) in [7, 11) is 1.90. The third kappa shape index (κ3) is 3.46. The second kappa shape index (κ2) is 6.60. The van der Waals surface area contributed by atoms with Crippen molar-refractivity contribution in [2.45, 2.75) is 44.6 Å². The second-order valence-corrected chi connectivity index (χ2v) is 6.40. The van der Waals surface area contributed by atoms with Gasteiger partial charge in [-0.05, 0) is 19.3 Å². The van der Waals surface area contributed by atoms with Crippen molar-refractivity contribution in [2.24, 2.45) is 7.05 Å². The van der Waals surface area contributed by atoms with Crippen LogP contribution in [-0.4, -0.2) is 57.5 Å². The molecule has 1 aromatic heterocycles. The molecular formula is C16H26N4O. The minimum Gasteiger partial charge on any atom is -0.340 e. The fraction of sp³-hybridized carbons (Fsp3) is 0.750. The summed E-state index contributed by atoms with van der Waals surface area (Å²) in [6, 6.07) is 0.753. The lowest BCUT2D eigenvalue weighted by Crippen LogP contribution is -2.40. The molecule has 0 unspecified atom stereocenters. The summed E-state index contributed by atoms with van der Waals surface area (Å²) in [5.74, 6) is 0.0843. The summed E-state index contributed by atoms with van der Waals surface area (Å²) < 4.78 is 1.83. The molecule has 0 N–H and O–H groups in total. The van der Waals surface area contributed by atoms with Crippen LogP contribution in [0, 0.1) is 0 Å². The van der Waals surface area contributed by atoms with Crippen LogP contribution in [0.5, 0.6) is 0 Å². The molecule has 1 saturated heterocycles. The van der Waals surface area contributed by atoms with Crippen molar-refractivity contribution >= 4 is 5.91 Å². The van der Waals surface area contributed by atoms with Crippen molar-refractivity contribution in [3.8, 4) is 0 Å². The lowest BCUT2D eigenvalue weighted by atomic mass is 9.94. The third-order valence-corrected chi connectivity index (χ3v) is 4.83. The quantitative estimate of drug-likeness (QED) is 0.835. The lowest BCUT2D eigenvalue weighted by Gasteiger charge is -2.33. The van der Waals surface area contributed by atoms with Gasteiger partial charge in [0.05, 0.1) is 6.33 Å². The second-order valence-electron chi connectivity index (χ2n) is 6.40. The number of hydrogen-bond acceptors (Lipinski definition) is 3. The Morgan fingerprint density at radius 3 is 2.62 bits per heavy atom. The molecule has 1 aliphatic carbocycles. The maximum atomic E-state index is 12.5. The van der Waals surface area contributed by atoms with Crippen LogP contribution >= 0.6 is 0 Å². The van der Waals surface area contributed by atoms with Crippen LogP contribution in [0.4, 0.5) is 0 Å². The number of nitrogens with zero attached hydrogens (tertiary/aromatic N) is 4. The first-order valence-corrected chi connectivity index (χ1v) is 8.25. The Kier molecular flexibility index (Phi) is 4.58. The van der Waals surface area contributed by atoms with E-state index in [0.29, 0.717) is 5.69 Å². The molecule has 5 heteroatoms. The molecule has 2 fully saturated rings. The zero-order chi connectivity index (χ0) is 14.7. The summed E-state index contributed by atoms with van der Waals surface area (Å²) in [4.78, 5) is 21.3. The SMILES string of the molecule is Cn1cnc(C(=O)N2CCCN(C3CCCCC3)CC2)c1. The highest BCUT2D eigenvalue weighted by Crippen LogP contribution is 2.23. The molecule has 0 spiro atoms. The number of amides is 1. The standard InChI is InChI=1S/C16H26N4O/c1-18-12-15(17-13-18)16(21)20-9-5-8-19(10-11-20)14-6-3-2-4-7-14/h12-14H,2-11H2,1H3. The van der Waals surface area contributed by atoms with E-state index in [1.54, 1.807) is 6.33 Å². The molecule has 5 nitrogen and oxygen atoms in total. The van der Waals surface area contributed by atoms with Gasteiger partial charge in [0, 0.05) is 45.5 Å². The van der Waals surface area contributed by atoms with Crippen molar-refractivity contribution in [1.29, 1.82) is 0 Å². The smallest absolute Gasteiger partial charge is 0.274 e. The molecule has 2 aliphatic rings. The highest BCUT2D eigenvalue weighted by Gasteiger charge is 2.26. The minimum absolute atomic E-state index is 0.0843. The normalized spacial score (nSPS) is 22.2. The number of carbonyl (C=O) groups is 1. The highest BCUT2D eigenvalue weighted by atomic mass is 16.2. The van der Waals surface area contributed by atoms with Crippen LogP contribution < -0.4 is 0 Å². The summed E-state index contributed by atoms with van der Waals surface area (Å²) in [5.41, 5.74) is 0.573. The molecule has 0 radical (unpaired) electrons. The Morgan fingerprint density at radius 2 is 1.90 bits per heavy atom. The van der Waals surface area contributed by atoms with Gasteiger partial charge in [0.15, 0.2) is 0 Å². The van der Waals surface area contributed by atoms with E-state index in [2.05, 4.69) is 9.88 Å². The van der Waals surface area contributed by atoms with Gasteiger partial charge in [0.25, 0.3) is 5.91 Å². The minimum atomic E-state index is 0.0843. The number of carbonyl (C=O) groups excluding carboxylic acids is 1. The maximum absolute atomic E-state index is 12.5. The molecule has 0 atom stereocenters. The lowest BCUT2D eigenvalue weighted by molar-refractivity contribution is 0.0749. The third-order valence-electron chi connectivity index (χ3n) is 4.83. The Bertz CT molecular complexity index is 478. The van der Waals surface area contributed by atoms with Crippen LogP contribution in [0.15, 0.2) is 12.5 Å². The molecule has 1 amide bonds. The van der Waals surface area contributed by atoms with Gasteiger partial charge in [-0.2, -0.15) is 0 Å². The van der Waals surface area contributed by atoms with Crippen LogP contribution in [-0.2, 0) is 7.05 Å². The van der Waals surface area contributed by atoms with Crippen molar-refractivity contribution in [3.05, 3.63) is 18.2 Å². The van der Waals surface area contributed by atoms with E-state index in [-0.39, 0.29) is 5.91 Å². The van der Waals surface area contributed by atoms with E-state index in [4.69, 9.17) is 0 Å². The number of hydrogen-bond donors (Lipinski definition) is 0. The van der Waals surface area contributed by atoms with E-state index in [1.807, 2.05) is 22.7 Å². The van der Waals surface area contributed by atoms with Crippen LogP contribution in [0.2, 0.25) is 0 Å². The van der Waals surface area contributed by atoms with Gasteiger partial charge in [0.1, 0.15) is 5.69 Å². The molecule has 1 aliphatic heterocycles. The van der Waals surface area contributed by atoms with Gasteiger partial charge in [-0.15, -0.1) is 0 Å². The monoisotopic (exact) mass is 290 g/mol. The van der Waals surface area contributed by atoms with E-state index in [9.17, 15) is 4.79 Å². The first-order chi connectivity index (χ1) is 10.2. The fourth-order valence-corrected chi connectivity index (χ4v) is 3.64. The zero-order valence-electron chi connectivity index (χ0n) is 13.0. The fourth-order valence-electron chi connectivity index (χ4n) is 3.64. The molecule has 3 rings (SSSR count). The number of imidazole rings is 1. The van der Waals surface area contributed by atoms with Gasteiger partial charge in [0.2, 0.25) is 0 Å². The van der Waals surface area contributed by atoms with E-state index in [0.717, 1.165) is 38.6 Å². The van der Waals surface area contributed by atoms with Gasteiger partial charge >= 0.3 is 0 Å². The van der Waals surface area contributed by atoms with Crippen molar-refractivity contribution in [3.63, 3.8) is 0 Å². The van der Waals surface area contributed by atoms with Gasteiger partial charge in [-0.3, -0.25) is 9.69 Å². The number of aryl methyl sites for hydroxylation is 1. The number of aromatic nitrogens is 2. The van der Waals surface area contributed by atoms with Crippen LogP contribution in [0.3, 0.4) is 0 Å². The molecule has 116 valence electrons. The average molecular weight is 290 g/mol. The molecule has 1 saturated carbocycles. The molecule has 21 heavy (non-hydrogen) atoms. The van der Waals surface area contributed by atoms with Gasteiger partial charge in [-0.1, -0.05) is 19.3 Å². The predicted octanol–water partition coefficient (Wildman–Crippen LogP) is 1.90. The molecule has 0 aromatic carbocycles. The molecule has 1 aromatic rings. The first-order valence-electron chi connectivity index (χ1n) is 8.25. The highest BCUT2D eigenvalue weighted by molar-refractivity contribution is 5.92. The molecule has 0 bridgehead atoms. The first kappa shape index (κ1) is 14.6. The van der Waals surface area contributed by atoms with Crippen molar-refractivity contribution in [2.75, 3.05) is 26.2 Å². The Morgan fingerprint density at radius 1 is 1.10 bits per heavy atom. The maximum Gasteiger partial charge on any atom is 0.274 e. The van der Waals surface area contributed by atoms with Crippen molar-refractivity contribution < 1.29 is 4.79 Å². The van der Waals surface area contributed by atoms with Gasteiger partial charge in [-0.25, -0.2) is 4.98 Å². The van der Waals surface area contributed by atoms with E-state index >= 15 is 0 Å². The van der Waals surface area contributed by atoms with Crippen LogP contribution in [0.25, 0.3) is 0 Å². The van der Waals surface area contributed by atoms with Crippen molar-refractivity contribution in [1.82, 2.24) is 19.4 Å². The summed E-state index contributed by atoms with van der Waals surface area (Å²) >= 11 is 0. The Hall–Kier alpha value is -1.36. The Labute approximate surface area is 126 Å². The average Bonchev–Trinajstić information content (AvgIpc) is 2.81. The number of rotatable bonds is 2. The zero-order valence-corrected chi connectivity index (χ0v) is 13.0. The summed E-state index contributed by atoms with van der Waals surface area (Å²) in [6.45, 7) is 3.85. The molecular weight excluding hydrogens is 264 g/mol. The van der Waals surface area contributed by atoms with E-state index < -0.39 is 0 Å². The Balaban J connectivity index is 1.58.